The van der Waals surface area contributed by atoms with Gasteiger partial charge in [0.25, 0.3) is 11.6 Å². The van der Waals surface area contributed by atoms with Crippen LogP contribution in [0.3, 0.4) is 0 Å². The van der Waals surface area contributed by atoms with E-state index in [2.05, 4.69) is 15.5 Å². The lowest BCUT2D eigenvalue weighted by Crippen LogP contribution is -2.30. The van der Waals surface area contributed by atoms with Gasteiger partial charge in [0.15, 0.2) is 0 Å². The second kappa shape index (κ2) is 8.46. The number of ether oxygens (including phenoxy) is 1. The van der Waals surface area contributed by atoms with Gasteiger partial charge in [-0.25, -0.2) is 4.98 Å². The topological polar surface area (TPSA) is 94.3 Å². The molecule has 4 rings (SSSR count). The number of carbonyl (C=O) groups is 2. The molecular formula is C22H19N3O4S. The molecule has 0 aliphatic carbocycles. The summed E-state index contributed by atoms with van der Waals surface area (Å²) in [5.74, 6) is -0.756. The smallest absolute Gasteiger partial charge is 0.307 e. The van der Waals surface area contributed by atoms with E-state index in [0.29, 0.717) is 28.1 Å². The first-order valence-electron chi connectivity index (χ1n) is 9.30. The highest BCUT2D eigenvalue weighted by atomic mass is 32.1. The fraction of sp³-hybridized carbons (Fsp3) is 0.182. The maximum atomic E-state index is 13.3. The van der Waals surface area contributed by atoms with Crippen molar-refractivity contribution >= 4 is 34.3 Å². The fourth-order valence-corrected chi connectivity index (χ4v) is 3.93. The first-order chi connectivity index (χ1) is 14.6. The molecule has 0 saturated heterocycles. The van der Waals surface area contributed by atoms with Crippen molar-refractivity contribution in [3.05, 3.63) is 70.7 Å². The SMILES string of the molecule is COC(=O)CC(NC(=O)c1cc(-c2cccs2)nc2onc(C)c12)c1ccccc1. The maximum absolute atomic E-state index is 13.3. The molecule has 1 aromatic carbocycles. The summed E-state index contributed by atoms with van der Waals surface area (Å²) in [6.07, 6.45) is 0.0148. The van der Waals surface area contributed by atoms with Gasteiger partial charge in [0.1, 0.15) is 0 Å². The number of nitrogens with one attached hydrogen (secondary N) is 1. The lowest BCUT2D eigenvalue weighted by Gasteiger charge is -2.18. The predicted octanol–water partition coefficient (Wildman–Crippen LogP) is 4.29. The van der Waals surface area contributed by atoms with Gasteiger partial charge in [-0.3, -0.25) is 9.59 Å². The van der Waals surface area contributed by atoms with Crippen LogP contribution in [0.1, 0.15) is 34.1 Å². The normalized spacial score (nSPS) is 11.9. The Labute approximate surface area is 176 Å². The lowest BCUT2D eigenvalue weighted by atomic mass is 10.0. The number of aryl methyl sites for hydroxylation is 1. The molecule has 8 heteroatoms. The van der Waals surface area contributed by atoms with Gasteiger partial charge in [0.2, 0.25) is 0 Å². The maximum Gasteiger partial charge on any atom is 0.307 e. The number of fused-ring (bicyclic) bond motifs is 1. The lowest BCUT2D eigenvalue weighted by molar-refractivity contribution is -0.141. The average molecular weight is 421 g/mol. The van der Waals surface area contributed by atoms with Crippen molar-refractivity contribution in [2.24, 2.45) is 0 Å². The van der Waals surface area contributed by atoms with E-state index < -0.39 is 12.0 Å². The molecule has 152 valence electrons. The van der Waals surface area contributed by atoms with Crippen molar-refractivity contribution in [2.75, 3.05) is 7.11 Å². The van der Waals surface area contributed by atoms with Crippen LogP contribution in [0.25, 0.3) is 21.7 Å². The average Bonchev–Trinajstić information content (AvgIpc) is 3.43. The molecule has 0 bridgehead atoms. The Morgan fingerprint density at radius 3 is 2.70 bits per heavy atom. The zero-order valence-electron chi connectivity index (χ0n) is 16.4. The largest absolute Gasteiger partial charge is 0.469 e. The van der Waals surface area contributed by atoms with E-state index in [4.69, 9.17) is 9.26 Å². The summed E-state index contributed by atoms with van der Waals surface area (Å²) < 4.78 is 10.1. The van der Waals surface area contributed by atoms with Crippen LogP contribution in [0.5, 0.6) is 0 Å². The Kier molecular flexibility index (Phi) is 5.58. The van der Waals surface area contributed by atoms with Crippen molar-refractivity contribution in [3.8, 4) is 10.6 Å². The Morgan fingerprint density at radius 1 is 1.20 bits per heavy atom. The number of rotatable bonds is 6. The molecule has 0 aliphatic rings. The van der Waals surface area contributed by atoms with Gasteiger partial charge in [0, 0.05) is 0 Å². The van der Waals surface area contributed by atoms with Crippen molar-refractivity contribution < 1.29 is 18.8 Å². The molecule has 0 saturated carbocycles. The third-order valence-electron chi connectivity index (χ3n) is 4.74. The summed E-state index contributed by atoms with van der Waals surface area (Å²) in [7, 11) is 1.33. The van der Waals surface area contributed by atoms with Gasteiger partial charge >= 0.3 is 5.97 Å². The van der Waals surface area contributed by atoms with Gasteiger partial charge in [-0.2, -0.15) is 0 Å². The van der Waals surface area contributed by atoms with Crippen LogP contribution in [-0.4, -0.2) is 29.1 Å². The quantitative estimate of drug-likeness (QED) is 0.467. The fourth-order valence-electron chi connectivity index (χ4n) is 3.25. The molecule has 3 aromatic heterocycles. The minimum absolute atomic E-state index is 0.0148. The molecule has 0 aliphatic heterocycles. The van der Waals surface area contributed by atoms with Crippen molar-refractivity contribution in [1.29, 1.82) is 0 Å². The number of thiophene rings is 1. The summed E-state index contributed by atoms with van der Waals surface area (Å²) in [4.78, 5) is 30.7. The summed E-state index contributed by atoms with van der Waals surface area (Å²) >= 11 is 1.52. The Hall–Kier alpha value is -3.52. The molecule has 1 amide bonds. The van der Waals surface area contributed by atoms with Crippen molar-refractivity contribution in [1.82, 2.24) is 15.5 Å². The van der Waals surface area contributed by atoms with E-state index in [1.54, 1.807) is 13.0 Å². The minimum atomic E-state index is -0.542. The molecule has 4 aromatic rings. The number of aromatic nitrogens is 2. The number of esters is 1. The van der Waals surface area contributed by atoms with Crippen molar-refractivity contribution in [3.63, 3.8) is 0 Å². The van der Waals surface area contributed by atoms with E-state index >= 15 is 0 Å². The second-order valence-corrected chi connectivity index (χ2v) is 7.65. The van der Waals surface area contributed by atoms with Crippen LogP contribution in [-0.2, 0) is 9.53 Å². The van der Waals surface area contributed by atoms with Crippen LogP contribution < -0.4 is 5.32 Å². The zero-order chi connectivity index (χ0) is 21.1. The van der Waals surface area contributed by atoms with Gasteiger partial charge in [-0.05, 0) is 30.0 Å². The van der Waals surface area contributed by atoms with Crippen LogP contribution >= 0.6 is 11.3 Å². The van der Waals surface area contributed by atoms with E-state index in [1.807, 2.05) is 47.8 Å². The first kappa shape index (κ1) is 19.8. The number of methoxy groups -OCH3 is 1. The van der Waals surface area contributed by atoms with E-state index in [9.17, 15) is 9.59 Å². The van der Waals surface area contributed by atoms with E-state index in [-0.39, 0.29) is 12.3 Å². The highest BCUT2D eigenvalue weighted by Gasteiger charge is 2.24. The third kappa shape index (κ3) is 3.95. The highest BCUT2D eigenvalue weighted by molar-refractivity contribution is 7.13. The molecule has 1 unspecified atom stereocenters. The van der Waals surface area contributed by atoms with Crippen LogP contribution in [0, 0.1) is 6.92 Å². The number of nitrogens with zero attached hydrogens (tertiary/aromatic N) is 2. The Bertz CT molecular complexity index is 1190. The standard InChI is InChI=1S/C22H19N3O4S/c1-13-20-15(11-17(18-9-6-10-30-18)24-22(20)29-25-13)21(27)23-16(12-19(26)28-2)14-7-4-3-5-8-14/h3-11,16H,12H2,1-2H3,(H,23,27). The summed E-state index contributed by atoms with van der Waals surface area (Å²) in [5.41, 5.74) is 2.70. The first-order valence-corrected chi connectivity index (χ1v) is 10.2. The van der Waals surface area contributed by atoms with Gasteiger partial charge in [-0.1, -0.05) is 41.6 Å². The molecule has 1 N–H and O–H groups in total. The minimum Gasteiger partial charge on any atom is -0.469 e. The van der Waals surface area contributed by atoms with Gasteiger partial charge in [0.05, 0.1) is 46.8 Å². The number of pyridine rings is 1. The Morgan fingerprint density at radius 2 is 2.00 bits per heavy atom. The molecular weight excluding hydrogens is 402 g/mol. The summed E-state index contributed by atoms with van der Waals surface area (Å²) in [5, 5.41) is 9.43. The molecule has 1 atom stereocenters. The zero-order valence-corrected chi connectivity index (χ0v) is 17.2. The highest BCUT2D eigenvalue weighted by Crippen LogP contribution is 2.30. The van der Waals surface area contributed by atoms with Crippen LogP contribution in [0.15, 0.2) is 58.4 Å². The number of hydrogen-bond donors (Lipinski definition) is 1. The summed E-state index contributed by atoms with van der Waals surface area (Å²) in [6, 6.07) is 14.3. The molecule has 0 fully saturated rings. The molecule has 3 heterocycles. The molecule has 7 nitrogen and oxygen atoms in total. The molecule has 0 spiro atoms. The number of benzene rings is 1. The van der Waals surface area contributed by atoms with E-state index in [0.717, 1.165) is 10.4 Å². The summed E-state index contributed by atoms with van der Waals surface area (Å²) in [6.45, 7) is 1.76. The molecule has 0 radical (unpaired) electrons. The Balaban J connectivity index is 1.74. The van der Waals surface area contributed by atoms with Gasteiger partial charge in [-0.15, -0.1) is 11.3 Å². The van der Waals surface area contributed by atoms with Crippen molar-refractivity contribution in [2.45, 2.75) is 19.4 Å². The number of hydrogen-bond acceptors (Lipinski definition) is 7. The third-order valence-corrected chi connectivity index (χ3v) is 5.63. The predicted molar refractivity (Wildman–Crippen MR) is 113 cm³/mol. The number of amides is 1. The second-order valence-electron chi connectivity index (χ2n) is 6.70. The van der Waals surface area contributed by atoms with Gasteiger partial charge < -0.3 is 14.6 Å². The monoisotopic (exact) mass is 421 g/mol. The number of carbonyl (C=O) groups excluding carboxylic acids is 2. The van der Waals surface area contributed by atoms with Crippen LogP contribution in [0.4, 0.5) is 0 Å². The van der Waals surface area contributed by atoms with E-state index in [1.165, 1.54) is 18.4 Å². The molecule has 30 heavy (non-hydrogen) atoms. The van der Waals surface area contributed by atoms with Crippen LogP contribution in [0.2, 0.25) is 0 Å².